The smallest absolute Gasteiger partial charge is 0.134 e. The first-order chi connectivity index (χ1) is 6.65. The number of allylic oxidation sites excluding steroid dienone is 1. The van der Waals surface area contributed by atoms with Crippen molar-refractivity contribution in [3.05, 3.63) is 39.9 Å². The number of hydrogen-bond donors (Lipinski definition) is 0. The molecule has 0 aliphatic rings. The van der Waals surface area contributed by atoms with Gasteiger partial charge in [0, 0.05) is 16.5 Å². The normalized spacial score (nSPS) is 10.8. The Kier molecular flexibility index (Phi) is 3.95. The Balaban J connectivity index is 3.02. The van der Waals surface area contributed by atoms with E-state index in [1.807, 2.05) is 0 Å². The average Bonchev–Trinajstić information content (AvgIpc) is 2.09. The second-order valence-corrected chi connectivity index (χ2v) is 3.50. The Bertz CT molecular complexity index is 351. The Hall–Kier alpha value is -1.03. The van der Waals surface area contributed by atoms with E-state index in [1.165, 1.54) is 24.3 Å². The van der Waals surface area contributed by atoms with Gasteiger partial charge < -0.3 is 4.79 Å². The third-order valence-electron chi connectivity index (χ3n) is 1.56. The lowest BCUT2D eigenvalue weighted by Crippen LogP contribution is -1.88. The van der Waals surface area contributed by atoms with Crippen LogP contribution in [-0.2, 0) is 4.79 Å². The summed E-state index contributed by atoms with van der Waals surface area (Å²) in [6.07, 6.45) is 3.47. The molecule has 0 heterocycles. The fraction of sp³-hybridized carbons (Fsp3) is 0.100. The van der Waals surface area contributed by atoms with Crippen LogP contribution in [0.2, 0.25) is 0 Å². The molecule has 0 aromatic heterocycles. The SMILES string of the molecule is O=CCC=Cc1c(F)cc(Br)cc1F. The first-order valence-electron chi connectivity index (χ1n) is 3.90. The highest BCUT2D eigenvalue weighted by Gasteiger charge is 2.06. The van der Waals surface area contributed by atoms with Crippen molar-refractivity contribution in [1.29, 1.82) is 0 Å². The molecule has 1 nitrogen and oxygen atoms in total. The highest BCUT2D eigenvalue weighted by atomic mass is 79.9. The number of rotatable bonds is 3. The van der Waals surface area contributed by atoms with Crippen molar-refractivity contribution >= 4 is 28.3 Å². The molecule has 74 valence electrons. The minimum Gasteiger partial charge on any atom is -0.303 e. The lowest BCUT2D eigenvalue weighted by molar-refractivity contribution is -0.107. The summed E-state index contributed by atoms with van der Waals surface area (Å²) in [7, 11) is 0. The largest absolute Gasteiger partial charge is 0.303 e. The van der Waals surface area contributed by atoms with Crippen LogP contribution < -0.4 is 0 Å². The molecule has 0 radical (unpaired) electrons. The molecule has 0 saturated carbocycles. The number of carbonyl (C=O) groups excluding carboxylic acids is 1. The Morgan fingerprint density at radius 2 is 1.86 bits per heavy atom. The van der Waals surface area contributed by atoms with Crippen molar-refractivity contribution in [3.63, 3.8) is 0 Å². The molecule has 4 heteroatoms. The molecule has 1 aromatic rings. The first-order valence-corrected chi connectivity index (χ1v) is 4.69. The van der Waals surface area contributed by atoms with Crippen LogP contribution in [-0.4, -0.2) is 6.29 Å². The molecule has 0 bridgehead atoms. The van der Waals surface area contributed by atoms with E-state index < -0.39 is 11.6 Å². The molecule has 0 fully saturated rings. The maximum Gasteiger partial charge on any atom is 0.134 e. The molecule has 1 aromatic carbocycles. The second kappa shape index (κ2) is 5.00. The van der Waals surface area contributed by atoms with Crippen LogP contribution in [0.1, 0.15) is 12.0 Å². The quantitative estimate of drug-likeness (QED) is 0.763. The van der Waals surface area contributed by atoms with Crippen molar-refractivity contribution in [2.45, 2.75) is 6.42 Å². The molecule has 0 unspecified atom stereocenters. The Morgan fingerprint density at radius 1 is 1.29 bits per heavy atom. The van der Waals surface area contributed by atoms with E-state index in [9.17, 15) is 13.6 Å². The summed E-state index contributed by atoms with van der Waals surface area (Å²) in [6.45, 7) is 0. The highest BCUT2D eigenvalue weighted by molar-refractivity contribution is 9.10. The summed E-state index contributed by atoms with van der Waals surface area (Å²) in [6, 6.07) is 2.34. The van der Waals surface area contributed by atoms with Gasteiger partial charge in [-0.2, -0.15) is 0 Å². The van der Waals surface area contributed by atoms with Crippen LogP contribution in [0.3, 0.4) is 0 Å². The standard InChI is InChI=1S/C10H7BrF2O/c11-7-5-9(12)8(10(13)6-7)3-1-2-4-14/h1,3-6H,2H2. The third-order valence-corrected chi connectivity index (χ3v) is 2.02. The number of halogens is 3. The maximum atomic E-state index is 13.1. The van der Waals surface area contributed by atoms with Gasteiger partial charge in [-0.3, -0.25) is 0 Å². The van der Waals surface area contributed by atoms with E-state index in [0.717, 1.165) is 0 Å². The first kappa shape index (κ1) is 11.0. The lowest BCUT2D eigenvalue weighted by atomic mass is 10.2. The molecule has 0 aliphatic heterocycles. The van der Waals surface area contributed by atoms with Crippen LogP contribution in [0.5, 0.6) is 0 Å². The Labute approximate surface area is 88.6 Å². The number of benzene rings is 1. The maximum absolute atomic E-state index is 13.1. The summed E-state index contributed by atoms with van der Waals surface area (Å²) in [5, 5.41) is 0. The fourth-order valence-corrected chi connectivity index (χ4v) is 1.36. The second-order valence-electron chi connectivity index (χ2n) is 2.59. The zero-order chi connectivity index (χ0) is 10.6. The van der Waals surface area contributed by atoms with E-state index in [2.05, 4.69) is 15.9 Å². The summed E-state index contributed by atoms with van der Waals surface area (Å²) < 4.78 is 26.6. The van der Waals surface area contributed by atoms with Gasteiger partial charge >= 0.3 is 0 Å². The monoisotopic (exact) mass is 260 g/mol. The third kappa shape index (κ3) is 2.73. The molecular formula is C10H7BrF2O. The van der Waals surface area contributed by atoms with Gasteiger partial charge in [0.25, 0.3) is 0 Å². The van der Waals surface area contributed by atoms with Gasteiger partial charge in [0.05, 0.1) is 0 Å². The summed E-state index contributed by atoms with van der Waals surface area (Å²) in [5.74, 6) is -1.31. The van der Waals surface area contributed by atoms with Crippen LogP contribution in [0.15, 0.2) is 22.7 Å². The number of aldehydes is 1. The van der Waals surface area contributed by atoms with Gasteiger partial charge in [-0.1, -0.05) is 28.1 Å². The molecule has 0 saturated heterocycles. The van der Waals surface area contributed by atoms with E-state index >= 15 is 0 Å². The van der Waals surface area contributed by atoms with Crippen molar-refractivity contribution in [2.24, 2.45) is 0 Å². The van der Waals surface area contributed by atoms with Crippen LogP contribution in [0, 0.1) is 11.6 Å². The molecule has 14 heavy (non-hydrogen) atoms. The molecular weight excluding hydrogens is 254 g/mol. The van der Waals surface area contributed by atoms with Crippen molar-refractivity contribution in [3.8, 4) is 0 Å². The molecule has 0 spiro atoms. The van der Waals surface area contributed by atoms with Gasteiger partial charge in [-0.15, -0.1) is 0 Å². The van der Waals surface area contributed by atoms with Gasteiger partial charge in [-0.05, 0) is 12.1 Å². The molecule has 0 aliphatic carbocycles. The Morgan fingerprint density at radius 3 is 2.36 bits per heavy atom. The summed E-state index contributed by atoms with van der Waals surface area (Å²) in [5.41, 5.74) is -0.130. The summed E-state index contributed by atoms with van der Waals surface area (Å²) in [4.78, 5) is 9.97. The number of hydrogen-bond acceptors (Lipinski definition) is 1. The van der Waals surface area contributed by atoms with Gasteiger partial charge in [-0.25, -0.2) is 8.78 Å². The zero-order valence-electron chi connectivity index (χ0n) is 7.14. The van der Waals surface area contributed by atoms with E-state index in [0.29, 0.717) is 10.8 Å². The fourth-order valence-electron chi connectivity index (χ4n) is 0.954. The molecule has 0 N–H and O–H groups in total. The van der Waals surface area contributed by atoms with Gasteiger partial charge in [0.1, 0.15) is 17.9 Å². The van der Waals surface area contributed by atoms with Crippen molar-refractivity contribution in [2.75, 3.05) is 0 Å². The van der Waals surface area contributed by atoms with Gasteiger partial charge in [0.2, 0.25) is 0 Å². The molecule has 0 amide bonds. The minimum atomic E-state index is -0.654. The average molecular weight is 261 g/mol. The van der Waals surface area contributed by atoms with Crippen LogP contribution in [0.4, 0.5) is 8.78 Å². The van der Waals surface area contributed by atoms with E-state index in [4.69, 9.17) is 0 Å². The summed E-state index contributed by atoms with van der Waals surface area (Å²) >= 11 is 2.97. The predicted molar refractivity (Wildman–Crippen MR) is 53.8 cm³/mol. The highest BCUT2D eigenvalue weighted by Crippen LogP contribution is 2.20. The van der Waals surface area contributed by atoms with Crippen LogP contribution in [0.25, 0.3) is 6.08 Å². The minimum absolute atomic E-state index is 0.130. The topological polar surface area (TPSA) is 17.1 Å². The van der Waals surface area contributed by atoms with Crippen LogP contribution >= 0.6 is 15.9 Å². The van der Waals surface area contributed by atoms with E-state index in [1.54, 1.807) is 0 Å². The molecule has 1 rings (SSSR count). The lowest BCUT2D eigenvalue weighted by Gasteiger charge is -1.99. The number of carbonyl (C=O) groups is 1. The predicted octanol–water partition coefficient (Wildman–Crippen LogP) is 3.33. The van der Waals surface area contributed by atoms with E-state index in [-0.39, 0.29) is 12.0 Å². The zero-order valence-corrected chi connectivity index (χ0v) is 8.72. The molecule has 0 atom stereocenters. The van der Waals surface area contributed by atoms with Gasteiger partial charge in [0.15, 0.2) is 0 Å². The van der Waals surface area contributed by atoms with Crippen molar-refractivity contribution in [1.82, 2.24) is 0 Å². The van der Waals surface area contributed by atoms with Crippen molar-refractivity contribution < 1.29 is 13.6 Å².